The lowest BCUT2D eigenvalue weighted by Crippen LogP contribution is -2.12. The van der Waals surface area contributed by atoms with Gasteiger partial charge in [-0.15, -0.1) is 0 Å². The van der Waals surface area contributed by atoms with E-state index in [9.17, 15) is 9.59 Å². The molecule has 1 aromatic heterocycles. The highest BCUT2D eigenvalue weighted by Gasteiger charge is 2.10. The van der Waals surface area contributed by atoms with E-state index in [-0.39, 0.29) is 11.8 Å². The van der Waals surface area contributed by atoms with Crippen LogP contribution in [0.4, 0.5) is 10.8 Å². The zero-order chi connectivity index (χ0) is 20.8. The number of ether oxygens (including phenoxy) is 1. The molecule has 0 unspecified atom stereocenters. The summed E-state index contributed by atoms with van der Waals surface area (Å²) in [6.07, 6.45) is 2.22. The Bertz CT molecular complexity index is 1040. The van der Waals surface area contributed by atoms with Crippen LogP contribution in [0, 0.1) is 0 Å². The largest absolute Gasteiger partial charge is 0.495 e. The van der Waals surface area contributed by atoms with Crippen LogP contribution in [0.2, 0.25) is 5.02 Å². The van der Waals surface area contributed by atoms with E-state index in [2.05, 4.69) is 15.6 Å². The number of methoxy groups -OCH3 is 1. The Kier molecular flexibility index (Phi) is 7.06. The number of nitrogens with zero attached hydrogens (tertiary/aromatic N) is 1. The Balaban J connectivity index is 1.59. The van der Waals surface area contributed by atoms with Crippen LogP contribution in [-0.2, 0) is 16.0 Å². The van der Waals surface area contributed by atoms with Gasteiger partial charge >= 0.3 is 0 Å². The molecule has 0 fully saturated rings. The van der Waals surface area contributed by atoms with Gasteiger partial charge in [-0.25, -0.2) is 4.98 Å². The normalized spacial score (nSPS) is 10.7. The maximum atomic E-state index is 12.3. The van der Waals surface area contributed by atoms with E-state index in [1.807, 2.05) is 25.1 Å². The van der Waals surface area contributed by atoms with Crippen LogP contribution in [0.25, 0.3) is 10.2 Å². The van der Waals surface area contributed by atoms with Gasteiger partial charge in [0, 0.05) is 18.5 Å². The number of fused-ring (bicyclic) bond motifs is 1. The molecule has 8 heteroatoms. The smallest absolute Gasteiger partial charge is 0.226 e. The second-order valence-corrected chi connectivity index (χ2v) is 7.95. The molecule has 29 heavy (non-hydrogen) atoms. The van der Waals surface area contributed by atoms with Crippen molar-refractivity contribution in [2.45, 2.75) is 32.6 Å². The number of benzene rings is 2. The van der Waals surface area contributed by atoms with Gasteiger partial charge in [-0.3, -0.25) is 9.59 Å². The molecule has 0 bridgehead atoms. The summed E-state index contributed by atoms with van der Waals surface area (Å²) in [6, 6.07) is 11.0. The average Bonchev–Trinajstić information content (AvgIpc) is 3.08. The zero-order valence-electron chi connectivity index (χ0n) is 16.3. The van der Waals surface area contributed by atoms with E-state index >= 15 is 0 Å². The van der Waals surface area contributed by atoms with Crippen LogP contribution >= 0.6 is 22.9 Å². The molecule has 2 amide bonds. The number of aromatic nitrogens is 1. The lowest BCUT2D eigenvalue weighted by atomic mass is 10.1. The number of hydrogen-bond donors (Lipinski definition) is 2. The fraction of sp³-hybridized carbons (Fsp3) is 0.286. The number of amides is 2. The number of halogens is 1. The first-order valence-electron chi connectivity index (χ1n) is 9.31. The molecule has 0 aliphatic carbocycles. The van der Waals surface area contributed by atoms with E-state index in [0.717, 1.165) is 22.2 Å². The summed E-state index contributed by atoms with van der Waals surface area (Å²) in [5.41, 5.74) is 2.50. The second-order valence-electron chi connectivity index (χ2n) is 6.52. The quantitative estimate of drug-likeness (QED) is 0.509. The molecule has 2 N–H and O–H groups in total. The van der Waals surface area contributed by atoms with Crippen molar-refractivity contribution in [3.8, 4) is 5.75 Å². The first kappa shape index (κ1) is 21.1. The Morgan fingerprint density at radius 2 is 1.90 bits per heavy atom. The molecule has 2 aromatic carbocycles. The molecule has 6 nitrogen and oxygen atoms in total. The van der Waals surface area contributed by atoms with Gasteiger partial charge < -0.3 is 15.4 Å². The van der Waals surface area contributed by atoms with Crippen molar-refractivity contribution >= 4 is 55.8 Å². The van der Waals surface area contributed by atoms with Crippen LogP contribution < -0.4 is 15.4 Å². The van der Waals surface area contributed by atoms with Crippen LogP contribution in [-0.4, -0.2) is 23.9 Å². The maximum Gasteiger partial charge on any atom is 0.226 e. The van der Waals surface area contributed by atoms with Crippen molar-refractivity contribution in [1.29, 1.82) is 0 Å². The van der Waals surface area contributed by atoms with Crippen LogP contribution in [0.3, 0.4) is 0 Å². The highest BCUT2D eigenvalue weighted by Crippen LogP contribution is 2.28. The third-order valence-corrected chi connectivity index (χ3v) is 5.48. The topological polar surface area (TPSA) is 80.3 Å². The van der Waals surface area contributed by atoms with Crippen molar-refractivity contribution in [3.05, 3.63) is 47.0 Å². The first-order chi connectivity index (χ1) is 14.0. The molecule has 0 atom stereocenters. The summed E-state index contributed by atoms with van der Waals surface area (Å²) in [4.78, 5) is 28.4. The fourth-order valence-corrected chi connectivity index (χ4v) is 4.02. The average molecular weight is 432 g/mol. The minimum absolute atomic E-state index is 0.0258. The molecule has 0 spiro atoms. The first-order valence-corrected chi connectivity index (χ1v) is 10.5. The van der Waals surface area contributed by atoms with E-state index in [0.29, 0.717) is 40.9 Å². The number of rotatable bonds is 8. The summed E-state index contributed by atoms with van der Waals surface area (Å²) < 4.78 is 6.09. The predicted octanol–water partition coefficient (Wildman–Crippen LogP) is 5.27. The number of thiazole rings is 1. The van der Waals surface area contributed by atoms with Gasteiger partial charge in [0.25, 0.3) is 0 Å². The van der Waals surface area contributed by atoms with E-state index < -0.39 is 0 Å². The maximum absolute atomic E-state index is 12.3. The number of carbonyl (C=O) groups excluding carboxylic acids is 2. The Morgan fingerprint density at radius 1 is 1.10 bits per heavy atom. The number of carbonyl (C=O) groups is 2. The van der Waals surface area contributed by atoms with Crippen molar-refractivity contribution in [2.75, 3.05) is 17.7 Å². The molecule has 0 aliphatic heterocycles. The highest BCUT2D eigenvalue weighted by atomic mass is 35.5. The fourth-order valence-electron chi connectivity index (χ4n) is 2.81. The van der Waals surface area contributed by atoms with Gasteiger partial charge in [0.2, 0.25) is 11.8 Å². The van der Waals surface area contributed by atoms with E-state index in [4.69, 9.17) is 16.3 Å². The molecule has 3 rings (SSSR count). The molecule has 0 saturated heterocycles. The number of aryl methyl sites for hydroxylation is 1. The van der Waals surface area contributed by atoms with Crippen LogP contribution in [0.15, 0.2) is 36.4 Å². The van der Waals surface area contributed by atoms with Crippen molar-refractivity contribution in [2.24, 2.45) is 0 Å². The van der Waals surface area contributed by atoms with Crippen LogP contribution in [0.1, 0.15) is 31.7 Å². The Labute approximate surface area is 178 Å². The predicted molar refractivity (Wildman–Crippen MR) is 118 cm³/mol. The van der Waals surface area contributed by atoms with Gasteiger partial charge in [-0.05, 0) is 48.7 Å². The van der Waals surface area contributed by atoms with Crippen LogP contribution in [0.5, 0.6) is 5.75 Å². The van der Waals surface area contributed by atoms with Gasteiger partial charge in [0.1, 0.15) is 5.75 Å². The van der Waals surface area contributed by atoms with Crippen molar-refractivity contribution in [1.82, 2.24) is 4.98 Å². The minimum atomic E-state index is -0.0943. The molecule has 0 aliphatic rings. The standard InChI is InChI=1S/C21H22ClN3O3S/c1-3-4-19(26)25-21-24-16-8-5-13(11-18(16)29-21)6-10-20(27)23-14-7-9-17(28-2)15(22)12-14/h5,7-9,11-12H,3-4,6,10H2,1-2H3,(H,23,27)(H,24,25,26). The monoisotopic (exact) mass is 431 g/mol. The highest BCUT2D eigenvalue weighted by molar-refractivity contribution is 7.22. The summed E-state index contributed by atoms with van der Waals surface area (Å²) in [7, 11) is 1.54. The summed E-state index contributed by atoms with van der Waals surface area (Å²) in [6.45, 7) is 1.96. The minimum Gasteiger partial charge on any atom is -0.495 e. The van der Waals surface area contributed by atoms with E-state index in [1.165, 1.54) is 11.3 Å². The molecule has 0 radical (unpaired) electrons. The van der Waals surface area contributed by atoms with Gasteiger partial charge in [0.05, 0.1) is 22.3 Å². The number of nitrogens with one attached hydrogen (secondary N) is 2. The van der Waals surface area contributed by atoms with E-state index in [1.54, 1.807) is 25.3 Å². The molecular weight excluding hydrogens is 410 g/mol. The third-order valence-electron chi connectivity index (χ3n) is 4.25. The summed E-state index contributed by atoms with van der Waals surface area (Å²) in [5.74, 6) is 0.443. The lowest BCUT2D eigenvalue weighted by molar-refractivity contribution is -0.117. The summed E-state index contributed by atoms with van der Waals surface area (Å²) in [5, 5.41) is 6.72. The molecule has 1 heterocycles. The SMILES string of the molecule is CCCC(=O)Nc1nc2ccc(CCC(=O)Nc3ccc(OC)c(Cl)c3)cc2s1. The number of hydrogen-bond acceptors (Lipinski definition) is 5. The Morgan fingerprint density at radius 3 is 2.62 bits per heavy atom. The molecule has 0 saturated carbocycles. The Hall–Kier alpha value is -2.64. The van der Waals surface area contributed by atoms with Crippen molar-refractivity contribution < 1.29 is 14.3 Å². The van der Waals surface area contributed by atoms with Gasteiger partial charge in [0.15, 0.2) is 5.13 Å². The zero-order valence-corrected chi connectivity index (χ0v) is 17.8. The van der Waals surface area contributed by atoms with Gasteiger partial charge in [-0.2, -0.15) is 0 Å². The van der Waals surface area contributed by atoms with Gasteiger partial charge in [-0.1, -0.05) is 35.9 Å². The second kappa shape index (κ2) is 9.71. The third kappa shape index (κ3) is 5.68. The molecule has 152 valence electrons. The lowest BCUT2D eigenvalue weighted by Gasteiger charge is -2.08. The van der Waals surface area contributed by atoms with Crippen molar-refractivity contribution in [3.63, 3.8) is 0 Å². The summed E-state index contributed by atoms with van der Waals surface area (Å²) >= 11 is 7.52. The number of anilines is 2. The molecular formula is C21H22ClN3O3S. The molecule has 3 aromatic rings.